The molecule has 204 valence electrons. The molecule has 3 heterocycles. The summed E-state index contributed by atoms with van der Waals surface area (Å²) in [7, 11) is 0. The fourth-order valence-electron chi connectivity index (χ4n) is 4.57. The lowest BCUT2D eigenvalue weighted by molar-refractivity contribution is 0.0518. The van der Waals surface area contributed by atoms with Crippen molar-refractivity contribution in [2.24, 2.45) is 0 Å². The summed E-state index contributed by atoms with van der Waals surface area (Å²) in [6, 6.07) is 31.1. The number of hydrogen-bond donors (Lipinski definition) is 1. The van der Waals surface area contributed by atoms with Gasteiger partial charge < -0.3 is 19.5 Å². The summed E-state index contributed by atoms with van der Waals surface area (Å²) in [6.45, 7) is 1.87. The molecule has 0 bridgehead atoms. The van der Waals surface area contributed by atoms with Crippen molar-refractivity contribution in [2.45, 2.75) is 9.79 Å². The highest BCUT2D eigenvalue weighted by Crippen LogP contribution is 2.29. The third-order valence-corrected chi connectivity index (χ3v) is 7.77. The van der Waals surface area contributed by atoms with Crippen LogP contribution in [-0.2, 0) is 0 Å². The first-order valence-electron chi connectivity index (χ1n) is 13.3. The molecule has 8 nitrogen and oxygen atoms in total. The zero-order chi connectivity index (χ0) is 28.0. The summed E-state index contributed by atoms with van der Waals surface area (Å²) in [4.78, 5) is 40.4. The highest BCUT2D eigenvalue weighted by molar-refractivity contribution is 7.99. The van der Waals surface area contributed by atoms with Crippen molar-refractivity contribution < 1.29 is 14.0 Å². The first-order chi connectivity index (χ1) is 20.1. The second kappa shape index (κ2) is 12.1. The Hall–Kier alpha value is -4.89. The SMILES string of the molecule is O=C(c1ccc(Nc2nccc(-c3ccc(Sc4ccccc4)cc3)n2)cc1)N1CCN(C(=O)c2ccco2)CC1. The van der Waals surface area contributed by atoms with Crippen molar-refractivity contribution >= 4 is 35.2 Å². The van der Waals surface area contributed by atoms with E-state index in [0.717, 1.165) is 21.8 Å². The molecule has 0 aliphatic carbocycles. The number of nitrogens with one attached hydrogen (secondary N) is 1. The van der Waals surface area contributed by atoms with E-state index < -0.39 is 0 Å². The Morgan fingerprint density at radius 1 is 0.732 bits per heavy atom. The number of hydrogen-bond acceptors (Lipinski definition) is 7. The Labute approximate surface area is 242 Å². The number of anilines is 2. The molecule has 41 heavy (non-hydrogen) atoms. The van der Waals surface area contributed by atoms with Gasteiger partial charge in [-0.25, -0.2) is 9.97 Å². The lowest BCUT2D eigenvalue weighted by Crippen LogP contribution is -2.50. The van der Waals surface area contributed by atoms with Crippen LogP contribution in [0.5, 0.6) is 0 Å². The van der Waals surface area contributed by atoms with Crippen LogP contribution in [0, 0.1) is 0 Å². The molecule has 0 atom stereocenters. The Morgan fingerprint density at radius 3 is 2.10 bits per heavy atom. The predicted molar refractivity (Wildman–Crippen MR) is 158 cm³/mol. The second-order valence-corrected chi connectivity index (χ2v) is 10.6. The van der Waals surface area contributed by atoms with Crippen molar-refractivity contribution in [3.8, 4) is 11.3 Å². The lowest BCUT2D eigenvalue weighted by atomic mass is 10.1. The Morgan fingerprint density at radius 2 is 1.41 bits per heavy atom. The van der Waals surface area contributed by atoms with Crippen molar-refractivity contribution in [1.29, 1.82) is 0 Å². The molecule has 1 aliphatic heterocycles. The van der Waals surface area contributed by atoms with Gasteiger partial charge in [0.15, 0.2) is 5.76 Å². The summed E-state index contributed by atoms with van der Waals surface area (Å²) in [5.74, 6) is 0.580. The first-order valence-corrected chi connectivity index (χ1v) is 14.1. The monoisotopic (exact) mass is 561 g/mol. The fraction of sp³-hybridized carbons (Fsp3) is 0.125. The van der Waals surface area contributed by atoms with Crippen LogP contribution < -0.4 is 5.32 Å². The van der Waals surface area contributed by atoms with Crippen molar-refractivity contribution in [3.63, 3.8) is 0 Å². The fourth-order valence-corrected chi connectivity index (χ4v) is 5.41. The van der Waals surface area contributed by atoms with E-state index in [4.69, 9.17) is 4.42 Å². The van der Waals surface area contributed by atoms with E-state index in [9.17, 15) is 9.59 Å². The number of carbonyl (C=O) groups excluding carboxylic acids is 2. The Balaban J connectivity index is 1.05. The molecular formula is C32H27N5O3S. The molecule has 1 N–H and O–H groups in total. The highest BCUT2D eigenvalue weighted by Gasteiger charge is 2.26. The smallest absolute Gasteiger partial charge is 0.289 e. The molecule has 0 spiro atoms. The zero-order valence-corrected chi connectivity index (χ0v) is 23.0. The number of amides is 2. The van der Waals surface area contributed by atoms with Gasteiger partial charge in [0.2, 0.25) is 5.95 Å². The number of nitrogens with zero attached hydrogens (tertiary/aromatic N) is 4. The molecular weight excluding hydrogens is 534 g/mol. The predicted octanol–water partition coefficient (Wildman–Crippen LogP) is 6.23. The second-order valence-electron chi connectivity index (χ2n) is 9.47. The van der Waals surface area contributed by atoms with Crippen LogP contribution in [0.4, 0.5) is 11.6 Å². The average molecular weight is 562 g/mol. The summed E-state index contributed by atoms with van der Waals surface area (Å²) < 4.78 is 5.21. The molecule has 9 heteroatoms. The van der Waals surface area contributed by atoms with Crippen molar-refractivity contribution in [3.05, 3.63) is 121 Å². The van der Waals surface area contributed by atoms with E-state index in [-0.39, 0.29) is 11.8 Å². The molecule has 6 rings (SSSR count). The van der Waals surface area contributed by atoms with Crippen LogP contribution in [0.2, 0.25) is 0 Å². The van der Waals surface area contributed by atoms with Crippen LogP contribution in [0.3, 0.4) is 0 Å². The van der Waals surface area contributed by atoms with Crippen LogP contribution in [-0.4, -0.2) is 57.8 Å². The number of furan rings is 1. The molecule has 0 saturated carbocycles. The number of piperazine rings is 1. The largest absolute Gasteiger partial charge is 0.459 e. The van der Waals surface area contributed by atoms with Gasteiger partial charge >= 0.3 is 0 Å². The maximum absolute atomic E-state index is 13.1. The van der Waals surface area contributed by atoms with Gasteiger partial charge in [-0.1, -0.05) is 42.1 Å². The molecule has 2 amide bonds. The summed E-state index contributed by atoms with van der Waals surface area (Å²) in [5, 5.41) is 3.23. The van der Waals surface area contributed by atoms with E-state index in [1.54, 1.807) is 52.0 Å². The minimum atomic E-state index is -0.150. The topological polar surface area (TPSA) is 91.6 Å². The van der Waals surface area contributed by atoms with E-state index in [1.807, 2.05) is 36.4 Å². The maximum Gasteiger partial charge on any atom is 0.289 e. The van der Waals surface area contributed by atoms with Gasteiger partial charge in [-0.2, -0.15) is 0 Å². The standard InChI is InChI=1S/C32H27N5O3S/c38-30(36-18-20-37(21-19-36)31(39)29-7-4-22-40-29)24-8-12-25(13-9-24)34-32-33-17-16-28(35-32)23-10-14-27(15-11-23)41-26-5-2-1-3-6-26/h1-17,22H,18-21H2,(H,33,34,35). The molecule has 3 aromatic carbocycles. The minimum Gasteiger partial charge on any atom is -0.459 e. The number of rotatable bonds is 7. The van der Waals surface area contributed by atoms with Crippen LogP contribution in [0.15, 0.2) is 124 Å². The number of aromatic nitrogens is 2. The minimum absolute atomic E-state index is 0.0613. The third kappa shape index (κ3) is 6.31. The van der Waals surface area contributed by atoms with Crippen LogP contribution in [0.25, 0.3) is 11.3 Å². The van der Waals surface area contributed by atoms with E-state index in [2.05, 4.69) is 51.7 Å². The number of benzene rings is 3. The van der Waals surface area contributed by atoms with Gasteiger partial charge in [-0.3, -0.25) is 9.59 Å². The molecule has 0 unspecified atom stereocenters. The van der Waals surface area contributed by atoms with Gasteiger partial charge in [0.1, 0.15) is 0 Å². The summed E-state index contributed by atoms with van der Waals surface area (Å²) in [6.07, 6.45) is 3.21. The van der Waals surface area contributed by atoms with Crippen molar-refractivity contribution in [2.75, 3.05) is 31.5 Å². The van der Waals surface area contributed by atoms with E-state index in [0.29, 0.717) is 43.5 Å². The zero-order valence-electron chi connectivity index (χ0n) is 22.1. The summed E-state index contributed by atoms with van der Waals surface area (Å²) >= 11 is 1.72. The Bertz CT molecular complexity index is 1620. The van der Waals surface area contributed by atoms with Crippen LogP contribution in [0.1, 0.15) is 20.9 Å². The quantitative estimate of drug-likeness (QED) is 0.252. The molecule has 1 saturated heterocycles. The molecule has 1 aliphatic rings. The van der Waals surface area contributed by atoms with E-state index >= 15 is 0 Å². The molecule has 0 radical (unpaired) electrons. The van der Waals surface area contributed by atoms with Gasteiger partial charge in [0, 0.05) is 59.0 Å². The lowest BCUT2D eigenvalue weighted by Gasteiger charge is -2.34. The molecule has 5 aromatic rings. The average Bonchev–Trinajstić information content (AvgIpc) is 3.57. The van der Waals surface area contributed by atoms with Crippen molar-refractivity contribution in [1.82, 2.24) is 19.8 Å². The maximum atomic E-state index is 13.1. The highest BCUT2D eigenvalue weighted by atomic mass is 32.2. The van der Waals surface area contributed by atoms with Gasteiger partial charge in [0.05, 0.1) is 12.0 Å². The van der Waals surface area contributed by atoms with E-state index in [1.165, 1.54) is 11.2 Å². The molecule has 1 fully saturated rings. The molecule has 2 aromatic heterocycles. The summed E-state index contributed by atoms with van der Waals surface area (Å²) in [5.41, 5.74) is 3.18. The Kier molecular flexibility index (Phi) is 7.77. The van der Waals surface area contributed by atoms with Crippen LogP contribution >= 0.6 is 11.8 Å². The normalized spacial score (nSPS) is 13.2. The van der Waals surface area contributed by atoms with Gasteiger partial charge in [-0.05, 0) is 66.7 Å². The van der Waals surface area contributed by atoms with Gasteiger partial charge in [-0.15, -0.1) is 0 Å². The van der Waals surface area contributed by atoms with Gasteiger partial charge in [0.25, 0.3) is 11.8 Å². The number of carbonyl (C=O) groups is 2. The first kappa shape index (κ1) is 26.3. The third-order valence-electron chi connectivity index (χ3n) is 6.76.